The van der Waals surface area contributed by atoms with Crippen molar-refractivity contribution in [1.82, 2.24) is 4.72 Å². The molecule has 2 N–H and O–H groups in total. The zero-order chi connectivity index (χ0) is 15.5. The van der Waals surface area contributed by atoms with Crippen molar-refractivity contribution in [3.8, 4) is 5.75 Å². The van der Waals surface area contributed by atoms with E-state index in [1.807, 2.05) is 0 Å². The standard InChI is InChI=1S/C14H20BrNO4S/c1-2-20-13-8-7-10(15)9-14(13)21(18,19)16-11-5-3-4-6-12(11)17/h7-9,11-12,16-17H,2-6H2,1H3/t11-,12-/m1/s1. The maximum absolute atomic E-state index is 12.6. The van der Waals surface area contributed by atoms with Crippen LogP contribution in [0.5, 0.6) is 5.75 Å². The van der Waals surface area contributed by atoms with Gasteiger partial charge in [-0.1, -0.05) is 28.8 Å². The molecule has 118 valence electrons. The predicted octanol–water partition coefficient (Wildman–Crippen LogP) is 2.43. The van der Waals surface area contributed by atoms with Crippen molar-refractivity contribution < 1.29 is 18.3 Å². The summed E-state index contributed by atoms with van der Waals surface area (Å²) in [5, 5.41) is 9.94. The molecular weight excluding hydrogens is 358 g/mol. The third-order valence-electron chi connectivity index (χ3n) is 3.53. The number of sulfonamides is 1. The highest BCUT2D eigenvalue weighted by Gasteiger charge is 2.29. The van der Waals surface area contributed by atoms with Crippen molar-refractivity contribution in [2.75, 3.05) is 6.61 Å². The highest BCUT2D eigenvalue weighted by atomic mass is 79.9. The van der Waals surface area contributed by atoms with Gasteiger partial charge in [-0.3, -0.25) is 0 Å². The van der Waals surface area contributed by atoms with Crippen molar-refractivity contribution in [3.05, 3.63) is 22.7 Å². The molecule has 0 bridgehead atoms. The van der Waals surface area contributed by atoms with Crippen molar-refractivity contribution in [3.63, 3.8) is 0 Å². The van der Waals surface area contributed by atoms with E-state index in [-0.39, 0.29) is 4.90 Å². The number of halogens is 1. The van der Waals surface area contributed by atoms with Crippen molar-refractivity contribution >= 4 is 26.0 Å². The molecule has 1 aliphatic carbocycles. The Labute approximate surface area is 133 Å². The van der Waals surface area contributed by atoms with Crippen LogP contribution in [0, 0.1) is 0 Å². The van der Waals surface area contributed by atoms with Crippen LogP contribution in [-0.2, 0) is 10.0 Å². The van der Waals surface area contributed by atoms with Crippen molar-refractivity contribution in [1.29, 1.82) is 0 Å². The van der Waals surface area contributed by atoms with Gasteiger partial charge in [-0.25, -0.2) is 13.1 Å². The molecule has 0 aromatic heterocycles. The number of aliphatic hydroxyl groups excluding tert-OH is 1. The molecule has 0 amide bonds. The number of ether oxygens (including phenoxy) is 1. The lowest BCUT2D eigenvalue weighted by Gasteiger charge is -2.28. The molecule has 0 saturated heterocycles. The summed E-state index contributed by atoms with van der Waals surface area (Å²) in [7, 11) is -3.73. The van der Waals surface area contributed by atoms with Gasteiger partial charge in [0.05, 0.1) is 12.7 Å². The molecule has 0 spiro atoms. The van der Waals surface area contributed by atoms with Crippen LogP contribution in [0.4, 0.5) is 0 Å². The minimum atomic E-state index is -3.73. The first-order valence-electron chi connectivity index (χ1n) is 7.07. The number of aliphatic hydroxyl groups is 1. The summed E-state index contributed by atoms with van der Waals surface area (Å²) < 4.78 is 33.8. The maximum atomic E-state index is 12.6. The highest BCUT2D eigenvalue weighted by molar-refractivity contribution is 9.10. The third kappa shape index (κ3) is 4.18. The quantitative estimate of drug-likeness (QED) is 0.825. The molecule has 2 rings (SSSR count). The van der Waals surface area contributed by atoms with Gasteiger partial charge in [0.15, 0.2) is 0 Å². The molecule has 0 unspecified atom stereocenters. The van der Waals surface area contributed by atoms with Gasteiger partial charge in [0.25, 0.3) is 0 Å². The van der Waals surface area contributed by atoms with Crippen LogP contribution in [0.15, 0.2) is 27.6 Å². The molecule has 7 heteroatoms. The lowest BCUT2D eigenvalue weighted by molar-refractivity contribution is 0.101. The number of rotatable bonds is 5. The van der Waals surface area contributed by atoms with Crippen LogP contribution >= 0.6 is 15.9 Å². The Morgan fingerprint density at radius 1 is 1.38 bits per heavy atom. The summed E-state index contributed by atoms with van der Waals surface area (Å²) in [5.74, 6) is 0.318. The summed E-state index contributed by atoms with van der Waals surface area (Å²) in [5.41, 5.74) is 0. The first kappa shape index (κ1) is 16.7. The molecule has 0 radical (unpaired) electrons. The van der Waals surface area contributed by atoms with Gasteiger partial charge in [-0.2, -0.15) is 0 Å². The lowest BCUT2D eigenvalue weighted by atomic mass is 9.93. The number of hydrogen-bond acceptors (Lipinski definition) is 4. The molecule has 1 saturated carbocycles. The molecule has 0 aliphatic heterocycles. The summed E-state index contributed by atoms with van der Waals surface area (Å²) in [6.45, 7) is 2.19. The number of benzene rings is 1. The van der Waals surface area contributed by atoms with Gasteiger partial charge in [0.2, 0.25) is 10.0 Å². The Bertz CT molecular complexity index is 591. The van der Waals surface area contributed by atoms with Gasteiger partial charge in [-0.05, 0) is 38.0 Å². The Hall–Kier alpha value is -0.630. The smallest absolute Gasteiger partial charge is 0.244 e. The Kier molecular flexibility index (Phi) is 5.65. The fraction of sp³-hybridized carbons (Fsp3) is 0.571. The summed E-state index contributed by atoms with van der Waals surface area (Å²) in [6.07, 6.45) is 2.50. The molecule has 1 aliphatic rings. The second-order valence-electron chi connectivity index (χ2n) is 5.10. The molecule has 1 fully saturated rings. The minimum absolute atomic E-state index is 0.0940. The molecular formula is C14H20BrNO4S. The zero-order valence-electron chi connectivity index (χ0n) is 11.9. The van der Waals surface area contributed by atoms with Crippen LogP contribution in [0.25, 0.3) is 0 Å². The highest BCUT2D eigenvalue weighted by Crippen LogP contribution is 2.29. The van der Waals surface area contributed by atoms with Crippen LogP contribution in [0.3, 0.4) is 0 Å². The van der Waals surface area contributed by atoms with Gasteiger partial charge < -0.3 is 9.84 Å². The average Bonchev–Trinajstić information content (AvgIpc) is 2.43. The summed E-state index contributed by atoms with van der Waals surface area (Å²) >= 11 is 3.28. The zero-order valence-corrected chi connectivity index (χ0v) is 14.3. The Morgan fingerprint density at radius 2 is 2.10 bits per heavy atom. The topological polar surface area (TPSA) is 75.6 Å². The molecule has 21 heavy (non-hydrogen) atoms. The largest absolute Gasteiger partial charge is 0.492 e. The Balaban J connectivity index is 2.28. The van der Waals surface area contributed by atoms with Gasteiger partial charge in [0.1, 0.15) is 10.6 Å². The van der Waals surface area contributed by atoms with Crippen LogP contribution in [0.2, 0.25) is 0 Å². The summed E-state index contributed by atoms with van der Waals surface area (Å²) in [6, 6.07) is 4.44. The van der Waals surface area contributed by atoms with E-state index in [0.717, 1.165) is 12.8 Å². The normalized spacial score (nSPS) is 23.0. The predicted molar refractivity (Wildman–Crippen MR) is 83.9 cm³/mol. The van der Waals surface area contributed by atoms with E-state index >= 15 is 0 Å². The Morgan fingerprint density at radius 3 is 2.76 bits per heavy atom. The van der Waals surface area contributed by atoms with Gasteiger partial charge >= 0.3 is 0 Å². The number of hydrogen-bond donors (Lipinski definition) is 2. The first-order valence-corrected chi connectivity index (χ1v) is 9.34. The second kappa shape index (κ2) is 7.09. The average molecular weight is 378 g/mol. The van der Waals surface area contributed by atoms with E-state index in [0.29, 0.717) is 29.7 Å². The van der Waals surface area contributed by atoms with Crippen LogP contribution in [0.1, 0.15) is 32.6 Å². The van der Waals surface area contributed by atoms with E-state index in [4.69, 9.17) is 4.74 Å². The first-order chi connectivity index (χ1) is 9.94. The molecule has 5 nitrogen and oxygen atoms in total. The fourth-order valence-electron chi connectivity index (χ4n) is 2.48. The monoisotopic (exact) mass is 377 g/mol. The van der Waals surface area contributed by atoms with E-state index < -0.39 is 22.2 Å². The lowest BCUT2D eigenvalue weighted by Crippen LogP contribution is -2.45. The van der Waals surface area contributed by atoms with Crippen molar-refractivity contribution in [2.24, 2.45) is 0 Å². The van der Waals surface area contributed by atoms with E-state index in [2.05, 4.69) is 20.7 Å². The second-order valence-corrected chi connectivity index (χ2v) is 7.70. The summed E-state index contributed by atoms with van der Waals surface area (Å²) in [4.78, 5) is 0.0940. The maximum Gasteiger partial charge on any atom is 0.244 e. The molecule has 1 aromatic carbocycles. The number of nitrogens with one attached hydrogen (secondary N) is 1. The van der Waals surface area contributed by atoms with Crippen LogP contribution in [-0.4, -0.2) is 32.3 Å². The van der Waals surface area contributed by atoms with Crippen molar-refractivity contribution in [2.45, 2.75) is 49.6 Å². The van der Waals surface area contributed by atoms with Gasteiger partial charge in [0, 0.05) is 10.5 Å². The SMILES string of the molecule is CCOc1ccc(Br)cc1S(=O)(=O)N[C@@H]1CCCC[C@H]1O. The molecule has 1 aromatic rings. The van der Waals surface area contributed by atoms with E-state index in [9.17, 15) is 13.5 Å². The van der Waals surface area contributed by atoms with E-state index in [1.165, 1.54) is 6.07 Å². The molecule has 2 atom stereocenters. The van der Waals surface area contributed by atoms with E-state index in [1.54, 1.807) is 19.1 Å². The van der Waals surface area contributed by atoms with Gasteiger partial charge in [-0.15, -0.1) is 0 Å². The minimum Gasteiger partial charge on any atom is -0.492 e. The fourth-order valence-corrected chi connectivity index (χ4v) is 4.47. The van der Waals surface area contributed by atoms with Crippen LogP contribution < -0.4 is 9.46 Å². The third-order valence-corrected chi connectivity index (χ3v) is 5.54. The molecule has 0 heterocycles.